The molecule has 4 aromatic rings. The van der Waals surface area contributed by atoms with Gasteiger partial charge in [0.15, 0.2) is 5.65 Å². The number of hydrogen-bond donors (Lipinski definition) is 1. The van der Waals surface area contributed by atoms with Crippen LogP contribution in [0.25, 0.3) is 16.8 Å². The van der Waals surface area contributed by atoms with Gasteiger partial charge in [0.2, 0.25) is 0 Å². The molecule has 9 heteroatoms. The van der Waals surface area contributed by atoms with E-state index in [0.29, 0.717) is 0 Å². The first-order valence-electron chi connectivity index (χ1n) is 10.5. The monoisotopic (exact) mass is 427 g/mol. The van der Waals surface area contributed by atoms with Gasteiger partial charge in [-0.3, -0.25) is 4.98 Å². The van der Waals surface area contributed by atoms with E-state index in [1.54, 1.807) is 0 Å². The van der Waals surface area contributed by atoms with E-state index in [2.05, 4.69) is 37.9 Å². The van der Waals surface area contributed by atoms with E-state index in [0.717, 1.165) is 70.2 Å². The van der Waals surface area contributed by atoms with Crippen LogP contribution in [0.15, 0.2) is 36.7 Å². The molecule has 0 aliphatic carbocycles. The second-order valence-corrected chi connectivity index (χ2v) is 9.00. The summed E-state index contributed by atoms with van der Waals surface area (Å²) in [6.07, 6.45) is 7.66. The lowest BCUT2D eigenvalue weighted by atomic mass is 9.41. The molecule has 0 aromatic carbocycles. The van der Waals surface area contributed by atoms with Crippen molar-refractivity contribution in [3.05, 3.63) is 53.7 Å². The van der Waals surface area contributed by atoms with Crippen molar-refractivity contribution in [3.63, 3.8) is 0 Å². The molecule has 5 heterocycles. The number of hydrogen-bond acceptors (Lipinski definition) is 7. The van der Waals surface area contributed by atoms with Gasteiger partial charge in [-0.25, -0.2) is 10.2 Å². The zero-order valence-corrected chi connectivity index (χ0v) is 18.4. The highest BCUT2D eigenvalue weighted by molar-refractivity contribution is 7.10. The number of anilines is 2. The number of aromatic nitrogens is 5. The topological polar surface area (TPSA) is 91.8 Å². The highest BCUT2D eigenvalue weighted by atomic mass is 32.1. The second kappa shape index (κ2) is 8.12. The van der Waals surface area contributed by atoms with E-state index in [-0.39, 0.29) is 12.6 Å². The molecule has 154 valence electrons. The Morgan fingerprint density at radius 1 is 1.23 bits per heavy atom. The van der Waals surface area contributed by atoms with Gasteiger partial charge in [-0.15, -0.1) is 0 Å². The SMILES string of the molecule is Cc1ccc(-c2cnn3c(Nc4cc(C)ns4)cc(C4CCCB(C#N)C4)nc23)cn1. The fourth-order valence-electron chi connectivity index (χ4n) is 4.23. The second-order valence-electron chi connectivity index (χ2n) is 8.20. The molecule has 4 aromatic heterocycles. The first kappa shape index (κ1) is 19.7. The summed E-state index contributed by atoms with van der Waals surface area (Å²) in [4.78, 5) is 9.49. The zero-order chi connectivity index (χ0) is 21.4. The van der Waals surface area contributed by atoms with E-state index in [1.165, 1.54) is 11.5 Å². The maximum absolute atomic E-state index is 9.45. The van der Waals surface area contributed by atoms with Crippen LogP contribution in [0.5, 0.6) is 0 Å². The van der Waals surface area contributed by atoms with Crippen LogP contribution in [0.4, 0.5) is 10.8 Å². The minimum Gasteiger partial charge on any atom is -0.331 e. The molecule has 5 rings (SSSR count). The number of fused-ring (bicyclic) bond motifs is 1. The lowest BCUT2D eigenvalue weighted by molar-refractivity contribution is 0.614. The molecule has 1 fully saturated rings. The Balaban J connectivity index is 1.63. The van der Waals surface area contributed by atoms with Crippen LogP contribution in [0.2, 0.25) is 12.6 Å². The number of rotatable bonds is 4. The Morgan fingerprint density at radius 2 is 2.13 bits per heavy atom. The third-order valence-electron chi connectivity index (χ3n) is 5.87. The van der Waals surface area contributed by atoms with Gasteiger partial charge in [-0.05, 0) is 49.9 Å². The van der Waals surface area contributed by atoms with Crippen molar-refractivity contribution in [2.75, 3.05) is 5.32 Å². The fraction of sp³-hybridized carbons (Fsp3) is 0.318. The molecule has 31 heavy (non-hydrogen) atoms. The summed E-state index contributed by atoms with van der Waals surface area (Å²) in [6.45, 7) is 4.06. The Hall–Kier alpha value is -3.25. The van der Waals surface area contributed by atoms with Gasteiger partial charge in [0.05, 0.1) is 11.9 Å². The average molecular weight is 427 g/mol. The van der Waals surface area contributed by atoms with E-state index in [4.69, 9.17) is 4.98 Å². The van der Waals surface area contributed by atoms with Gasteiger partial charge in [-0.1, -0.05) is 25.1 Å². The van der Waals surface area contributed by atoms with E-state index < -0.39 is 0 Å². The summed E-state index contributed by atoms with van der Waals surface area (Å²) >= 11 is 1.43. The smallest absolute Gasteiger partial charge is 0.268 e. The van der Waals surface area contributed by atoms with Crippen LogP contribution in [0.3, 0.4) is 0 Å². The number of nitriles is 1. The Bertz CT molecular complexity index is 1270. The predicted octanol–water partition coefficient (Wildman–Crippen LogP) is 5.04. The van der Waals surface area contributed by atoms with Gasteiger partial charge < -0.3 is 5.32 Å². The minimum absolute atomic E-state index is 0.100. The average Bonchev–Trinajstić information content (AvgIpc) is 3.40. The number of aryl methyl sites for hydroxylation is 2. The number of nitrogens with zero attached hydrogens (tertiary/aromatic N) is 6. The van der Waals surface area contributed by atoms with E-state index in [1.807, 2.05) is 42.9 Å². The largest absolute Gasteiger partial charge is 0.331 e. The highest BCUT2D eigenvalue weighted by Gasteiger charge is 2.28. The zero-order valence-electron chi connectivity index (χ0n) is 17.5. The van der Waals surface area contributed by atoms with Crippen molar-refractivity contribution < 1.29 is 0 Å². The molecule has 7 nitrogen and oxygen atoms in total. The van der Waals surface area contributed by atoms with Gasteiger partial charge in [0.25, 0.3) is 6.71 Å². The molecule has 0 amide bonds. The standard InChI is InChI=1S/C22H22BN7S/c1-14-5-6-17(11-25-14)18-12-26-30-20(28-21-8-15(2)29-31-21)9-19(27-22(18)30)16-4-3-7-23(10-16)13-24/h5-6,8-9,11-12,16,28H,3-4,7,10H2,1-2H3. The van der Waals surface area contributed by atoms with Crippen LogP contribution >= 0.6 is 11.5 Å². The molecule has 0 bridgehead atoms. The molecule has 0 radical (unpaired) electrons. The molecule has 1 aliphatic rings. The predicted molar refractivity (Wildman–Crippen MR) is 124 cm³/mol. The summed E-state index contributed by atoms with van der Waals surface area (Å²) in [5, 5.41) is 18.5. The Labute approximate surface area is 185 Å². The van der Waals surface area contributed by atoms with Gasteiger partial charge >= 0.3 is 0 Å². The quantitative estimate of drug-likeness (QED) is 0.459. The normalized spacial score (nSPS) is 16.4. The van der Waals surface area contributed by atoms with Gasteiger partial charge in [0.1, 0.15) is 10.8 Å². The fourth-order valence-corrected chi connectivity index (χ4v) is 4.90. The van der Waals surface area contributed by atoms with Gasteiger partial charge in [0, 0.05) is 40.7 Å². The first-order valence-corrected chi connectivity index (χ1v) is 11.3. The van der Waals surface area contributed by atoms with Crippen molar-refractivity contribution in [1.82, 2.24) is 24.0 Å². The first-order chi connectivity index (χ1) is 15.1. The van der Waals surface area contributed by atoms with Crippen molar-refractivity contribution in [2.45, 2.75) is 45.2 Å². The molecule has 1 saturated heterocycles. The van der Waals surface area contributed by atoms with Gasteiger partial charge in [-0.2, -0.15) is 14.0 Å². The summed E-state index contributed by atoms with van der Waals surface area (Å²) in [5.74, 6) is 3.58. The molecular formula is C22H22BN7S. The Kier molecular flexibility index (Phi) is 5.16. The number of nitrogens with one attached hydrogen (secondary N) is 1. The minimum atomic E-state index is 0.100. The van der Waals surface area contributed by atoms with Crippen LogP contribution in [0.1, 0.15) is 35.8 Å². The van der Waals surface area contributed by atoms with Crippen molar-refractivity contribution in [3.8, 4) is 17.1 Å². The molecule has 1 aliphatic heterocycles. The van der Waals surface area contributed by atoms with Crippen LogP contribution in [-0.4, -0.2) is 30.7 Å². The summed E-state index contributed by atoms with van der Waals surface area (Å²) in [5.41, 5.74) is 5.70. The molecule has 0 spiro atoms. The number of pyridine rings is 1. The van der Waals surface area contributed by atoms with Crippen LogP contribution < -0.4 is 5.32 Å². The third kappa shape index (κ3) is 3.91. The maximum Gasteiger partial charge on any atom is 0.268 e. The van der Waals surface area contributed by atoms with E-state index >= 15 is 0 Å². The molecule has 1 unspecified atom stereocenters. The molecule has 1 N–H and O–H groups in total. The van der Waals surface area contributed by atoms with Crippen molar-refractivity contribution in [2.24, 2.45) is 0 Å². The molecule has 0 saturated carbocycles. The summed E-state index contributed by atoms with van der Waals surface area (Å²) < 4.78 is 6.22. The van der Waals surface area contributed by atoms with Crippen molar-refractivity contribution in [1.29, 1.82) is 5.26 Å². The lowest BCUT2D eigenvalue weighted by Crippen LogP contribution is -2.21. The maximum atomic E-state index is 9.45. The highest BCUT2D eigenvalue weighted by Crippen LogP contribution is 2.36. The van der Waals surface area contributed by atoms with E-state index in [9.17, 15) is 5.26 Å². The van der Waals surface area contributed by atoms with Crippen LogP contribution in [0, 0.1) is 25.1 Å². The summed E-state index contributed by atoms with van der Waals surface area (Å²) in [7, 11) is 0. The molecular weight excluding hydrogens is 405 g/mol. The summed E-state index contributed by atoms with van der Waals surface area (Å²) in [6, 6.07) is 8.16. The van der Waals surface area contributed by atoms with Crippen molar-refractivity contribution >= 4 is 34.7 Å². The lowest BCUT2D eigenvalue weighted by Gasteiger charge is -2.23. The molecule has 1 atom stereocenters. The van der Waals surface area contributed by atoms with Crippen LogP contribution in [-0.2, 0) is 0 Å². The third-order valence-corrected chi connectivity index (χ3v) is 6.66. The Morgan fingerprint density at radius 3 is 2.87 bits per heavy atom.